The Bertz CT molecular complexity index is 307. The third-order valence-corrected chi connectivity index (χ3v) is 3.72. The van der Waals surface area contributed by atoms with Crippen molar-refractivity contribution in [2.45, 2.75) is 32.6 Å². The van der Waals surface area contributed by atoms with E-state index in [1.54, 1.807) is 0 Å². The molecule has 5 heteroatoms. The highest BCUT2D eigenvalue weighted by molar-refractivity contribution is 7.09. The Morgan fingerprint density at radius 2 is 2.50 bits per heavy atom. The van der Waals surface area contributed by atoms with Crippen molar-refractivity contribution in [1.82, 2.24) is 14.7 Å². The minimum absolute atomic E-state index is 0.833. The van der Waals surface area contributed by atoms with Gasteiger partial charge in [-0.3, -0.25) is 0 Å². The highest BCUT2D eigenvalue weighted by Crippen LogP contribution is 2.15. The van der Waals surface area contributed by atoms with Crippen LogP contribution in [-0.2, 0) is 6.42 Å². The molecule has 1 aliphatic rings. The molecule has 2 heterocycles. The van der Waals surface area contributed by atoms with Gasteiger partial charge in [0, 0.05) is 24.5 Å². The van der Waals surface area contributed by atoms with Crippen molar-refractivity contribution in [3.05, 3.63) is 5.82 Å². The molecular weight excluding hydrogens is 220 g/mol. The van der Waals surface area contributed by atoms with Crippen LogP contribution in [0.3, 0.4) is 0 Å². The van der Waals surface area contributed by atoms with E-state index in [2.05, 4.69) is 26.9 Å². The molecular formula is C11H20N4S. The van der Waals surface area contributed by atoms with Crippen molar-refractivity contribution in [3.63, 3.8) is 0 Å². The Labute approximate surface area is 101 Å². The van der Waals surface area contributed by atoms with Gasteiger partial charge in [-0.2, -0.15) is 4.37 Å². The summed E-state index contributed by atoms with van der Waals surface area (Å²) in [6.07, 6.45) is 4.84. The van der Waals surface area contributed by atoms with Crippen molar-refractivity contribution in [2.24, 2.45) is 5.92 Å². The van der Waals surface area contributed by atoms with Crippen molar-refractivity contribution in [2.75, 3.05) is 25.0 Å². The molecule has 0 spiro atoms. The molecule has 0 radical (unpaired) electrons. The highest BCUT2D eigenvalue weighted by atomic mass is 32.1. The third-order valence-electron chi connectivity index (χ3n) is 3.01. The van der Waals surface area contributed by atoms with E-state index in [0.29, 0.717) is 0 Å². The van der Waals surface area contributed by atoms with Crippen LogP contribution >= 0.6 is 11.5 Å². The molecule has 0 amide bonds. The van der Waals surface area contributed by atoms with Gasteiger partial charge in [-0.15, -0.1) is 0 Å². The van der Waals surface area contributed by atoms with Gasteiger partial charge in [0.15, 0.2) is 0 Å². The molecule has 1 atom stereocenters. The summed E-state index contributed by atoms with van der Waals surface area (Å²) >= 11 is 1.47. The average molecular weight is 240 g/mol. The molecule has 0 saturated carbocycles. The standard InChI is InChI=1S/C11H20N4S/c1-2-10-14-11(16-15-10)13-7-5-9-4-3-6-12-8-9/h9,12H,2-8H2,1H3,(H,13,14,15). The van der Waals surface area contributed by atoms with Crippen molar-refractivity contribution in [1.29, 1.82) is 0 Å². The molecule has 1 aromatic heterocycles. The van der Waals surface area contributed by atoms with E-state index in [9.17, 15) is 0 Å². The maximum atomic E-state index is 4.39. The fraction of sp³-hybridized carbons (Fsp3) is 0.818. The summed E-state index contributed by atoms with van der Waals surface area (Å²) in [4.78, 5) is 4.39. The van der Waals surface area contributed by atoms with Crippen molar-refractivity contribution < 1.29 is 0 Å². The number of piperidine rings is 1. The fourth-order valence-corrected chi connectivity index (χ4v) is 2.70. The second-order valence-electron chi connectivity index (χ2n) is 4.30. The van der Waals surface area contributed by atoms with E-state index in [-0.39, 0.29) is 0 Å². The lowest BCUT2D eigenvalue weighted by molar-refractivity contribution is 0.364. The van der Waals surface area contributed by atoms with Crippen LogP contribution in [0.2, 0.25) is 0 Å². The molecule has 1 aromatic rings. The van der Waals surface area contributed by atoms with Gasteiger partial charge in [-0.05, 0) is 38.3 Å². The summed E-state index contributed by atoms with van der Waals surface area (Å²) in [6.45, 7) is 5.47. The summed E-state index contributed by atoms with van der Waals surface area (Å²) in [6, 6.07) is 0. The lowest BCUT2D eigenvalue weighted by Gasteiger charge is -2.22. The van der Waals surface area contributed by atoms with Gasteiger partial charge < -0.3 is 10.6 Å². The Morgan fingerprint density at radius 3 is 3.19 bits per heavy atom. The maximum Gasteiger partial charge on any atom is 0.202 e. The molecule has 4 nitrogen and oxygen atoms in total. The molecule has 0 aliphatic carbocycles. The topological polar surface area (TPSA) is 49.8 Å². The Hall–Kier alpha value is -0.680. The first kappa shape index (κ1) is 11.8. The van der Waals surface area contributed by atoms with Crippen molar-refractivity contribution >= 4 is 16.7 Å². The highest BCUT2D eigenvalue weighted by Gasteiger charge is 2.12. The summed E-state index contributed by atoms with van der Waals surface area (Å²) in [5, 5.41) is 7.78. The molecule has 1 unspecified atom stereocenters. The van der Waals surface area contributed by atoms with E-state index in [0.717, 1.165) is 29.8 Å². The van der Waals surface area contributed by atoms with Crippen LogP contribution in [0.25, 0.3) is 0 Å². The molecule has 1 saturated heterocycles. The van der Waals surface area contributed by atoms with Gasteiger partial charge in [-0.1, -0.05) is 6.92 Å². The molecule has 1 fully saturated rings. The third kappa shape index (κ3) is 3.42. The lowest BCUT2D eigenvalue weighted by Crippen LogP contribution is -2.30. The predicted octanol–water partition coefficient (Wildman–Crippen LogP) is 1.90. The summed E-state index contributed by atoms with van der Waals surface area (Å²) in [5.74, 6) is 1.78. The van der Waals surface area contributed by atoms with Gasteiger partial charge in [0.25, 0.3) is 0 Å². The van der Waals surface area contributed by atoms with Crippen LogP contribution < -0.4 is 10.6 Å². The minimum Gasteiger partial charge on any atom is -0.360 e. The second-order valence-corrected chi connectivity index (χ2v) is 5.05. The molecule has 2 rings (SSSR count). The number of aromatic nitrogens is 2. The zero-order valence-corrected chi connectivity index (χ0v) is 10.6. The van der Waals surface area contributed by atoms with E-state index < -0.39 is 0 Å². The molecule has 0 bridgehead atoms. The first-order chi connectivity index (χ1) is 7.88. The number of rotatable bonds is 5. The van der Waals surface area contributed by atoms with Crippen LogP contribution in [0.1, 0.15) is 32.0 Å². The van der Waals surface area contributed by atoms with Crippen LogP contribution in [0.4, 0.5) is 5.13 Å². The summed E-state index contributed by atoms with van der Waals surface area (Å²) < 4.78 is 4.26. The molecule has 16 heavy (non-hydrogen) atoms. The van der Waals surface area contributed by atoms with Crippen LogP contribution in [-0.4, -0.2) is 29.0 Å². The van der Waals surface area contributed by atoms with Gasteiger partial charge in [-0.25, -0.2) is 4.98 Å². The number of anilines is 1. The minimum atomic E-state index is 0.833. The van der Waals surface area contributed by atoms with Gasteiger partial charge in [0.05, 0.1) is 0 Å². The SMILES string of the molecule is CCc1nsc(NCCC2CCCNC2)n1. The Balaban J connectivity index is 1.66. The molecule has 2 N–H and O–H groups in total. The van der Waals surface area contributed by atoms with Gasteiger partial charge >= 0.3 is 0 Å². The smallest absolute Gasteiger partial charge is 0.202 e. The van der Waals surface area contributed by atoms with Crippen LogP contribution in [0, 0.1) is 5.92 Å². The molecule has 90 valence electrons. The maximum absolute atomic E-state index is 4.39. The predicted molar refractivity (Wildman–Crippen MR) is 68.0 cm³/mol. The monoisotopic (exact) mass is 240 g/mol. The summed E-state index contributed by atoms with van der Waals surface area (Å²) in [7, 11) is 0. The largest absolute Gasteiger partial charge is 0.360 e. The number of aryl methyl sites for hydroxylation is 1. The number of nitrogens with one attached hydrogen (secondary N) is 2. The summed E-state index contributed by atoms with van der Waals surface area (Å²) in [5.41, 5.74) is 0. The average Bonchev–Trinajstić information content (AvgIpc) is 2.78. The van der Waals surface area contributed by atoms with Crippen LogP contribution in [0.15, 0.2) is 0 Å². The number of hydrogen-bond acceptors (Lipinski definition) is 5. The first-order valence-electron chi connectivity index (χ1n) is 6.15. The lowest BCUT2D eigenvalue weighted by atomic mass is 9.96. The van der Waals surface area contributed by atoms with Crippen molar-refractivity contribution in [3.8, 4) is 0 Å². The molecule has 1 aliphatic heterocycles. The normalized spacial score (nSPS) is 20.9. The van der Waals surface area contributed by atoms with E-state index in [1.165, 1.54) is 43.9 Å². The van der Waals surface area contributed by atoms with E-state index in [4.69, 9.17) is 0 Å². The van der Waals surface area contributed by atoms with E-state index >= 15 is 0 Å². The second kappa shape index (κ2) is 6.15. The first-order valence-corrected chi connectivity index (χ1v) is 6.93. The van der Waals surface area contributed by atoms with Gasteiger partial charge in [0.2, 0.25) is 5.13 Å². The Morgan fingerprint density at radius 1 is 1.56 bits per heavy atom. The number of nitrogens with zero attached hydrogens (tertiary/aromatic N) is 2. The quantitative estimate of drug-likeness (QED) is 0.825. The fourth-order valence-electron chi connectivity index (χ4n) is 2.02. The Kier molecular flexibility index (Phi) is 4.54. The zero-order valence-electron chi connectivity index (χ0n) is 9.83. The number of hydrogen-bond donors (Lipinski definition) is 2. The van der Waals surface area contributed by atoms with Gasteiger partial charge in [0.1, 0.15) is 5.82 Å². The van der Waals surface area contributed by atoms with Crippen LogP contribution in [0.5, 0.6) is 0 Å². The molecule has 0 aromatic carbocycles. The zero-order chi connectivity index (χ0) is 11.2. The van der Waals surface area contributed by atoms with E-state index in [1.807, 2.05) is 0 Å².